The molecule has 0 amide bonds. The molecule has 10 heteroatoms. The summed E-state index contributed by atoms with van der Waals surface area (Å²) in [7, 11) is -3.17. The van der Waals surface area contributed by atoms with Crippen molar-refractivity contribution < 1.29 is 17.7 Å². The van der Waals surface area contributed by atoms with E-state index in [2.05, 4.69) is 27.4 Å². The number of aromatic nitrogens is 4. The largest absolute Gasteiger partial charge is 0.339 e. The Morgan fingerprint density at radius 1 is 1.28 bits per heavy atom. The second-order valence-corrected chi connectivity index (χ2v) is 10.6. The van der Waals surface area contributed by atoms with Gasteiger partial charge in [0.25, 0.3) is 0 Å². The first-order valence-corrected chi connectivity index (χ1v) is 12.6. The molecule has 2 aromatic heterocycles. The average molecular weight is 456 g/mol. The van der Waals surface area contributed by atoms with E-state index in [1.807, 2.05) is 13.0 Å². The van der Waals surface area contributed by atoms with Crippen molar-refractivity contribution in [3.8, 4) is 11.4 Å². The summed E-state index contributed by atoms with van der Waals surface area (Å²) >= 11 is 0. The number of carbonyl (C=O) groups excluding carboxylic acids is 1. The predicted octanol–water partition coefficient (Wildman–Crippen LogP) is 2.61. The van der Waals surface area contributed by atoms with Gasteiger partial charge in [0.15, 0.2) is 5.78 Å². The van der Waals surface area contributed by atoms with E-state index in [1.54, 1.807) is 17.1 Å². The van der Waals surface area contributed by atoms with Crippen LogP contribution in [0.3, 0.4) is 0 Å². The van der Waals surface area contributed by atoms with Gasteiger partial charge in [0.1, 0.15) is 0 Å². The van der Waals surface area contributed by atoms with E-state index in [-0.39, 0.29) is 17.7 Å². The Kier molecular flexibility index (Phi) is 5.21. The standard InChI is InChI=1S/C22H25N5O4S/c1-3-21-24-22(25-31-21)16-6-7-19-14(8-16)4-5-15(19)9-20(28)17-10-23-27(11-17)18-12-26(13-18)32(2,29)30/h6-8,10-11,15,18H,3-5,9,12-13H2,1-2H3/t15-/m0/s1. The van der Waals surface area contributed by atoms with Crippen molar-refractivity contribution in [1.82, 2.24) is 24.2 Å². The summed E-state index contributed by atoms with van der Waals surface area (Å²) in [5.41, 5.74) is 3.95. The molecule has 2 aliphatic rings. The fourth-order valence-electron chi connectivity index (χ4n) is 4.45. The van der Waals surface area contributed by atoms with Crippen LogP contribution in [-0.2, 0) is 22.9 Å². The second kappa shape index (κ2) is 7.93. The van der Waals surface area contributed by atoms with E-state index >= 15 is 0 Å². The maximum Gasteiger partial charge on any atom is 0.226 e. The van der Waals surface area contributed by atoms with Gasteiger partial charge >= 0.3 is 0 Å². The summed E-state index contributed by atoms with van der Waals surface area (Å²) in [4.78, 5) is 17.3. The van der Waals surface area contributed by atoms with Crippen LogP contribution in [-0.4, -0.2) is 57.8 Å². The van der Waals surface area contributed by atoms with Crippen LogP contribution in [0, 0.1) is 0 Å². The summed E-state index contributed by atoms with van der Waals surface area (Å²) in [5.74, 6) is 1.46. The van der Waals surface area contributed by atoms with Crippen molar-refractivity contribution in [2.75, 3.05) is 19.3 Å². The van der Waals surface area contributed by atoms with Gasteiger partial charge in [-0.1, -0.05) is 24.2 Å². The zero-order valence-corrected chi connectivity index (χ0v) is 18.9. The van der Waals surface area contributed by atoms with Crippen LogP contribution in [0.25, 0.3) is 11.4 Å². The smallest absolute Gasteiger partial charge is 0.226 e. The molecule has 1 fully saturated rings. The maximum atomic E-state index is 12.9. The number of nitrogens with zero attached hydrogens (tertiary/aromatic N) is 5. The summed E-state index contributed by atoms with van der Waals surface area (Å²) in [5, 5.41) is 8.35. The highest BCUT2D eigenvalue weighted by Gasteiger charge is 2.35. The molecule has 0 unspecified atom stereocenters. The number of hydrogen-bond donors (Lipinski definition) is 0. The van der Waals surface area contributed by atoms with Crippen molar-refractivity contribution in [2.24, 2.45) is 0 Å². The number of hydrogen-bond acceptors (Lipinski definition) is 7. The molecule has 1 saturated heterocycles. The summed E-state index contributed by atoms with van der Waals surface area (Å²) < 4.78 is 31.4. The van der Waals surface area contributed by atoms with E-state index in [0.717, 1.165) is 18.4 Å². The van der Waals surface area contributed by atoms with Crippen LogP contribution in [0.4, 0.5) is 0 Å². The molecule has 3 heterocycles. The lowest BCUT2D eigenvalue weighted by molar-refractivity contribution is 0.0973. The molecule has 5 rings (SSSR count). The number of fused-ring (bicyclic) bond motifs is 1. The Bertz CT molecular complexity index is 1270. The van der Waals surface area contributed by atoms with Gasteiger partial charge in [0.05, 0.1) is 24.1 Å². The highest BCUT2D eigenvalue weighted by atomic mass is 32.2. The summed E-state index contributed by atoms with van der Waals surface area (Å²) in [6.45, 7) is 2.76. The molecular weight excluding hydrogens is 430 g/mol. The van der Waals surface area contributed by atoms with Gasteiger partial charge in [-0.25, -0.2) is 8.42 Å². The number of carbonyl (C=O) groups is 1. The minimum Gasteiger partial charge on any atom is -0.339 e. The van der Waals surface area contributed by atoms with Crippen molar-refractivity contribution >= 4 is 15.8 Å². The minimum absolute atomic E-state index is 0.0183. The van der Waals surface area contributed by atoms with Crippen molar-refractivity contribution in [3.63, 3.8) is 0 Å². The third-order valence-corrected chi connectivity index (χ3v) is 7.64. The van der Waals surface area contributed by atoms with Gasteiger partial charge in [0.2, 0.25) is 21.7 Å². The first-order valence-electron chi connectivity index (χ1n) is 10.8. The van der Waals surface area contributed by atoms with E-state index < -0.39 is 10.0 Å². The first kappa shape index (κ1) is 21.0. The van der Waals surface area contributed by atoms with Crippen LogP contribution in [0.2, 0.25) is 0 Å². The fraction of sp³-hybridized carbons (Fsp3) is 0.455. The molecule has 32 heavy (non-hydrogen) atoms. The maximum absolute atomic E-state index is 12.9. The Balaban J connectivity index is 1.25. The Labute approximate surface area is 186 Å². The molecule has 0 saturated carbocycles. The molecule has 9 nitrogen and oxygen atoms in total. The van der Waals surface area contributed by atoms with Crippen molar-refractivity contribution in [3.05, 3.63) is 53.2 Å². The lowest BCUT2D eigenvalue weighted by Gasteiger charge is -2.36. The molecule has 0 bridgehead atoms. The van der Waals surface area contributed by atoms with Crippen molar-refractivity contribution in [1.29, 1.82) is 0 Å². The lowest BCUT2D eigenvalue weighted by atomic mass is 9.93. The van der Waals surface area contributed by atoms with Crippen LogP contribution in [0.1, 0.15) is 59.1 Å². The number of Topliss-reactive ketones (excluding diaryl/α,β-unsaturated/α-hetero) is 1. The highest BCUT2D eigenvalue weighted by Crippen LogP contribution is 2.38. The molecule has 0 N–H and O–H groups in total. The van der Waals surface area contributed by atoms with E-state index in [0.29, 0.717) is 43.2 Å². The zero-order valence-electron chi connectivity index (χ0n) is 18.1. The van der Waals surface area contributed by atoms with Crippen LogP contribution in [0.5, 0.6) is 0 Å². The molecule has 0 spiro atoms. The van der Waals surface area contributed by atoms with Crippen molar-refractivity contribution in [2.45, 2.75) is 44.6 Å². The monoisotopic (exact) mass is 455 g/mol. The van der Waals surface area contributed by atoms with Crippen LogP contribution in [0.15, 0.2) is 35.1 Å². The van der Waals surface area contributed by atoms with Gasteiger partial charge in [-0.15, -0.1) is 0 Å². The first-order chi connectivity index (χ1) is 15.3. The molecular formula is C22H25N5O4S. The topological polar surface area (TPSA) is 111 Å². The number of benzene rings is 1. The van der Waals surface area contributed by atoms with E-state index in [4.69, 9.17) is 4.52 Å². The van der Waals surface area contributed by atoms with E-state index in [9.17, 15) is 13.2 Å². The highest BCUT2D eigenvalue weighted by molar-refractivity contribution is 7.88. The molecule has 0 radical (unpaired) electrons. The quantitative estimate of drug-likeness (QED) is 0.504. The second-order valence-electron chi connectivity index (χ2n) is 8.58. The van der Waals surface area contributed by atoms with Gasteiger partial charge < -0.3 is 4.52 Å². The molecule has 1 aliphatic heterocycles. The van der Waals surface area contributed by atoms with Crippen LogP contribution >= 0.6 is 0 Å². The number of sulfonamides is 1. The zero-order chi connectivity index (χ0) is 22.5. The fourth-order valence-corrected chi connectivity index (χ4v) is 5.34. The SMILES string of the molecule is CCc1nc(-c2ccc3c(c2)CC[C@H]3CC(=O)c2cnn(C3CN(S(C)(=O)=O)C3)c2)no1. The minimum atomic E-state index is -3.17. The normalized spacial score (nSPS) is 19.1. The average Bonchev–Trinajstić information content (AvgIpc) is 3.45. The van der Waals surface area contributed by atoms with Gasteiger partial charge in [0, 0.05) is 37.7 Å². The number of rotatable bonds is 7. The summed E-state index contributed by atoms with van der Waals surface area (Å²) in [6.07, 6.45) is 7.52. The van der Waals surface area contributed by atoms with E-state index in [1.165, 1.54) is 21.7 Å². The molecule has 168 valence electrons. The third kappa shape index (κ3) is 3.88. The number of aryl methyl sites for hydroxylation is 2. The summed E-state index contributed by atoms with van der Waals surface area (Å²) in [6, 6.07) is 6.16. The molecule has 1 aliphatic carbocycles. The molecule has 1 aromatic carbocycles. The van der Waals surface area contributed by atoms with Gasteiger partial charge in [-0.05, 0) is 36.0 Å². The Hall–Kier alpha value is -2.85. The Morgan fingerprint density at radius 2 is 2.09 bits per heavy atom. The molecule has 1 atom stereocenters. The van der Waals surface area contributed by atoms with Gasteiger partial charge in [-0.2, -0.15) is 14.4 Å². The van der Waals surface area contributed by atoms with Crippen LogP contribution < -0.4 is 0 Å². The predicted molar refractivity (Wildman–Crippen MR) is 117 cm³/mol. The van der Waals surface area contributed by atoms with Gasteiger partial charge in [-0.3, -0.25) is 9.48 Å². The number of ketones is 1. The third-order valence-electron chi connectivity index (χ3n) is 6.40. The lowest BCUT2D eigenvalue weighted by Crippen LogP contribution is -2.50. The molecule has 3 aromatic rings. The Morgan fingerprint density at radius 3 is 2.81 bits per heavy atom.